The van der Waals surface area contributed by atoms with Crippen LogP contribution in [0.4, 0.5) is 15.1 Å². The fourth-order valence-corrected chi connectivity index (χ4v) is 2.19. The highest BCUT2D eigenvalue weighted by molar-refractivity contribution is 7.14. The number of ether oxygens (including phenoxy) is 1. The van der Waals surface area contributed by atoms with Crippen LogP contribution in [-0.4, -0.2) is 17.6 Å². The molecule has 0 unspecified atom stereocenters. The first-order chi connectivity index (χ1) is 9.11. The minimum atomic E-state index is -0.533. The highest BCUT2D eigenvalue weighted by Crippen LogP contribution is 2.27. The number of thiazole rings is 1. The monoisotopic (exact) mass is 300 g/mol. The molecule has 2 rings (SSSR count). The summed E-state index contributed by atoms with van der Waals surface area (Å²) in [5.74, 6) is -1.05. The van der Waals surface area contributed by atoms with Gasteiger partial charge >= 0.3 is 5.97 Å². The van der Waals surface area contributed by atoms with Crippen LogP contribution in [0.3, 0.4) is 0 Å². The van der Waals surface area contributed by atoms with Crippen molar-refractivity contribution in [2.24, 2.45) is 0 Å². The zero-order valence-corrected chi connectivity index (χ0v) is 11.5. The van der Waals surface area contributed by atoms with Gasteiger partial charge in [-0.25, -0.2) is 14.2 Å². The van der Waals surface area contributed by atoms with Crippen LogP contribution < -0.4 is 5.32 Å². The molecule has 7 heteroatoms. The number of hydrogen-bond donors (Lipinski definition) is 1. The minimum absolute atomic E-state index is 0.0421. The molecule has 0 amide bonds. The van der Waals surface area contributed by atoms with Gasteiger partial charge in [0.1, 0.15) is 10.8 Å². The number of hydrogen-bond acceptors (Lipinski definition) is 5. The van der Waals surface area contributed by atoms with E-state index in [1.807, 2.05) is 0 Å². The van der Waals surface area contributed by atoms with Crippen LogP contribution in [-0.2, 0) is 4.74 Å². The normalized spacial score (nSPS) is 10.3. The van der Waals surface area contributed by atoms with Crippen molar-refractivity contribution in [2.45, 2.75) is 6.92 Å². The zero-order valence-electron chi connectivity index (χ0n) is 9.94. The first kappa shape index (κ1) is 13.8. The molecule has 19 heavy (non-hydrogen) atoms. The van der Waals surface area contributed by atoms with Gasteiger partial charge in [0.05, 0.1) is 17.1 Å². The van der Waals surface area contributed by atoms with Gasteiger partial charge in [-0.2, -0.15) is 0 Å². The predicted molar refractivity (Wildman–Crippen MR) is 72.8 cm³/mol. The predicted octanol–water partition coefficient (Wildman–Crippen LogP) is 3.86. The molecular weight excluding hydrogens is 291 g/mol. The van der Waals surface area contributed by atoms with Crippen LogP contribution >= 0.6 is 22.9 Å². The summed E-state index contributed by atoms with van der Waals surface area (Å²) in [4.78, 5) is 15.6. The summed E-state index contributed by atoms with van der Waals surface area (Å²) < 4.78 is 18.2. The second-order valence-electron chi connectivity index (χ2n) is 3.50. The lowest BCUT2D eigenvalue weighted by Crippen LogP contribution is -2.07. The molecule has 0 aliphatic carbocycles. The highest BCUT2D eigenvalue weighted by atomic mass is 35.5. The first-order valence-corrected chi connectivity index (χ1v) is 6.70. The number of halogens is 2. The fraction of sp³-hybridized carbons (Fsp3) is 0.167. The molecule has 0 spiro atoms. The topological polar surface area (TPSA) is 51.2 Å². The molecular formula is C12H10ClFN2O2S. The number of benzene rings is 1. The third-order valence-corrected chi connectivity index (χ3v) is 3.26. The fourth-order valence-electron chi connectivity index (χ4n) is 1.38. The quantitative estimate of drug-likeness (QED) is 0.871. The Kier molecular flexibility index (Phi) is 4.34. The van der Waals surface area contributed by atoms with Gasteiger partial charge in [0, 0.05) is 5.69 Å². The van der Waals surface area contributed by atoms with Crippen LogP contribution in [0.5, 0.6) is 0 Å². The number of carbonyl (C=O) groups is 1. The van der Waals surface area contributed by atoms with Crippen LogP contribution in [0.25, 0.3) is 0 Å². The summed E-state index contributed by atoms with van der Waals surface area (Å²) in [5, 5.41) is 3.46. The molecule has 0 saturated heterocycles. The third-order valence-electron chi connectivity index (χ3n) is 2.21. The lowest BCUT2D eigenvalue weighted by atomic mass is 10.3. The number of esters is 1. The van der Waals surface area contributed by atoms with E-state index in [2.05, 4.69) is 10.3 Å². The molecule has 1 heterocycles. The van der Waals surface area contributed by atoms with Crippen molar-refractivity contribution in [3.05, 3.63) is 40.2 Å². The van der Waals surface area contributed by atoms with Gasteiger partial charge in [-0.05, 0) is 25.1 Å². The van der Waals surface area contributed by atoms with Crippen LogP contribution in [0.1, 0.15) is 17.4 Å². The Balaban J connectivity index is 2.21. The molecule has 0 radical (unpaired) electrons. The van der Waals surface area contributed by atoms with Gasteiger partial charge in [-0.15, -0.1) is 11.3 Å². The molecule has 0 bridgehead atoms. The second-order valence-corrected chi connectivity index (χ2v) is 4.77. The molecule has 4 nitrogen and oxygen atoms in total. The second kappa shape index (κ2) is 5.99. The van der Waals surface area contributed by atoms with Crippen LogP contribution in [0, 0.1) is 5.82 Å². The minimum Gasteiger partial charge on any atom is -0.461 e. The Bertz CT molecular complexity index is 603. The van der Waals surface area contributed by atoms with E-state index in [-0.39, 0.29) is 17.3 Å². The van der Waals surface area contributed by atoms with Gasteiger partial charge < -0.3 is 10.1 Å². The lowest BCUT2D eigenvalue weighted by molar-refractivity contribution is 0.0521. The number of nitrogens with one attached hydrogen (secondary N) is 1. The summed E-state index contributed by atoms with van der Waals surface area (Å²) in [6.45, 7) is 1.98. The molecule has 0 aliphatic rings. The number of carbonyl (C=O) groups excluding carboxylic acids is 1. The van der Waals surface area contributed by atoms with E-state index in [1.54, 1.807) is 13.0 Å². The van der Waals surface area contributed by atoms with Gasteiger partial charge in [-0.1, -0.05) is 11.6 Å². The van der Waals surface area contributed by atoms with Gasteiger partial charge in [0.2, 0.25) is 0 Å². The van der Waals surface area contributed by atoms with E-state index in [9.17, 15) is 9.18 Å². The van der Waals surface area contributed by atoms with Crippen molar-refractivity contribution in [3.63, 3.8) is 0 Å². The van der Waals surface area contributed by atoms with Crippen molar-refractivity contribution in [1.29, 1.82) is 0 Å². The molecule has 0 fully saturated rings. The van der Waals surface area contributed by atoms with E-state index in [0.29, 0.717) is 10.7 Å². The Morgan fingerprint density at radius 1 is 1.58 bits per heavy atom. The van der Waals surface area contributed by atoms with Crippen LogP contribution in [0.15, 0.2) is 23.7 Å². The summed E-state index contributed by atoms with van der Waals surface area (Å²) in [5.41, 5.74) is 2.18. The Morgan fingerprint density at radius 3 is 3.05 bits per heavy atom. The first-order valence-electron chi connectivity index (χ1n) is 5.44. The maximum atomic E-state index is 13.3. The summed E-state index contributed by atoms with van der Waals surface area (Å²) in [7, 11) is 0. The van der Waals surface area contributed by atoms with Gasteiger partial charge in [-0.3, -0.25) is 0 Å². The van der Waals surface area contributed by atoms with Crippen molar-refractivity contribution >= 4 is 39.6 Å². The van der Waals surface area contributed by atoms with E-state index in [0.717, 1.165) is 0 Å². The molecule has 1 aromatic carbocycles. The van der Waals surface area contributed by atoms with Crippen molar-refractivity contribution in [2.75, 3.05) is 11.9 Å². The van der Waals surface area contributed by atoms with Gasteiger partial charge in [0.15, 0.2) is 5.69 Å². The largest absolute Gasteiger partial charge is 0.461 e. The molecule has 2 aromatic rings. The zero-order chi connectivity index (χ0) is 13.8. The van der Waals surface area contributed by atoms with Crippen molar-refractivity contribution < 1.29 is 13.9 Å². The molecule has 0 saturated carbocycles. The molecule has 100 valence electrons. The number of nitrogens with zero attached hydrogens (tertiary/aromatic N) is 1. The smallest absolute Gasteiger partial charge is 0.360 e. The number of rotatable bonds is 4. The number of anilines is 2. The SMILES string of the molecule is CCOC(=O)c1ncsc1Nc1ccc(Cl)c(F)c1. The summed E-state index contributed by atoms with van der Waals surface area (Å²) >= 11 is 6.83. The Hall–Kier alpha value is -1.66. The summed E-state index contributed by atoms with van der Waals surface area (Å²) in [6.07, 6.45) is 0. The standard InChI is InChI=1S/C12H10ClFN2O2S/c1-2-18-12(17)10-11(19-6-15-10)16-7-3-4-8(13)9(14)5-7/h3-6,16H,2H2,1H3. The third kappa shape index (κ3) is 3.21. The van der Waals surface area contributed by atoms with Crippen molar-refractivity contribution in [3.8, 4) is 0 Å². The van der Waals surface area contributed by atoms with Crippen molar-refractivity contribution in [1.82, 2.24) is 4.98 Å². The Labute approximate surface area is 118 Å². The average molecular weight is 301 g/mol. The maximum absolute atomic E-state index is 13.3. The lowest BCUT2D eigenvalue weighted by Gasteiger charge is -2.06. The molecule has 1 aromatic heterocycles. The Morgan fingerprint density at radius 2 is 2.37 bits per heavy atom. The van der Waals surface area contributed by atoms with E-state index < -0.39 is 11.8 Å². The maximum Gasteiger partial charge on any atom is 0.360 e. The van der Waals surface area contributed by atoms with E-state index in [1.165, 1.54) is 29.0 Å². The van der Waals surface area contributed by atoms with Gasteiger partial charge in [0.25, 0.3) is 0 Å². The molecule has 0 atom stereocenters. The number of aromatic nitrogens is 1. The average Bonchev–Trinajstić information content (AvgIpc) is 2.82. The molecule has 0 aliphatic heterocycles. The van der Waals surface area contributed by atoms with E-state index in [4.69, 9.17) is 16.3 Å². The molecule has 1 N–H and O–H groups in total. The van der Waals surface area contributed by atoms with Crippen LogP contribution in [0.2, 0.25) is 5.02 Å². The highest BCUT2D eigenvalue weighted by Gasteiger charge is 2.16. The van der Waals surface area contributed by atoms with E-state index >= 15 is 0 Å². The summed E-state index contributed by atoms with van der Waals surface area (Å²) in [6, 6.07) is 4.29.